The second-order valence-corrected chi connectivity index (χ2v) is 6.37. The number of rotatable bonds is 1. The zero-order valence-corrected chi connectivity index (χ0v) is 14.1. The Balaban J connectivity index is 2.39. The number of aromatic nitrogens is 2. The summed E-state index contributed by atoms with van der Waals surface area (Å²) in [6.45, 7) is 1.95. The molecule has 0 saturated carbocycles. The van der Waals surface area contributed by atoms with E-state index in [0.717, 1.165) is 15.6 Å². The van der Waals surface area contributed by atoms with Crippen molar-refractivity contribution in [1.82, 2.24) is 9.55 Å². The Hall–Kier alpha value is -1.43. The highest BCUT2D eigenvalue weighted by atomic mass is 79.9. The maximum Gasteiger partial charge on any atom is 0.266 e. The van der Waals surface area contributed by atoms with Crippen LogP contribution in [-0.4, -0.2) is 9.55 Å². The molecule has 6 heteroatoms. The van der Waals surface area contributed by atoms with Crippen molar-refractivity contribution in [3.05, 3.63) is 66.6 Å². The second-order valence-electron chi connectivity index (χ2n) is 4.72. The predicted molar refractivity (Wildman–Crippen MR) is 92.2 cm³/mol. The van der Waals surface area contributed by atoms with Crippen molar-refractivity contribution >= 4 is 50.7 Å². The molecular weight excluding hydrogens is 372 g/mol. The Bertz CT molecular complexity index is 978. The van der Waals surface area contributed by atoms with Gasteiger partial charge in [-0.1, -0.05) is 23.2 Å². The van der Waals surface area contributed by atoms with Crippen LogP contribution in [0.5, 0.6) is 0 Å². The number of nitrogens with zero attached hydrogens (tertiary/aromatic N) is 1. The van der Waals surface area contributed by atoms with E-state index in [1.807, 2.05) is 25.1 Å². The standard InChI is InChI=1S/C15H10BrClN2OS/c1-8-2-5-13-10(6-8)14(20)19(15(21)18-13)9-3-4-11(16)12(17)7-9/h2-7H,1H3,(H,18,21). The molecule has 1 heterocycles. The van der Waals surface area contributed by atoms with E-state index in [4.69, 9.17) is 23.8 Å². The van der Waals surface area contributed by atoms with Crippen LogP contribution in [0.15, 0.2) is 45.7 Å². The first-order valence-electron chi connectivity index (χ1n) is 6.18. The lowest BCUT2D eigenvalue weighted by Gasteiger charge is -2.09. The number of hydrogen-bond donors (Lipinski definition) is 1. The van der Waals surface area contributed by atoms with Gasteiger partial charge in [0.2, 0.25) is 0 Å². The molecule has 0 fully saturated rings. The highest BCUT2D eigenvalue weighted by Gasteiger charge is 2.09. The molecule has 21 heavy (non-hydrogen) atoms. The Morgan fingerprint density at radius 1 is 1.24 bits per heavy atom. The molecule has 0 unspecified atom stereocenters. The fourth-order valence-corrected chi connectivity index (χ4v) is 2.91. The lowest BCUT2D eigenvalue weighted by Crippen LogP contribution is -2.20. The first kappa shape index (κ1) is 14.5. The Morgan fingerprint density at radius 2 is 2.00 bits per heavy atom. The molecule has 3 rings (SSSR count). The van der Waals surface area contributed by atoms with Crippen LogP contribution in [0.3, 0.4) is 0 Å². The molecule has 0 aliphatic heterocycles. The smallest absolute Gasteiger partial charge is 0.266 e. The van der Waals surface area contributed by atoms with E-state index in [0.29, 0.717) is 20.9 Å². The van der Waals surface area contributed by atoms with Gasteiger partial charge in [0.25, 0.3) is 5.56 Å². The average molecular weight is 382 g/mol. The number of halogens is 2. The van der Waals surface area contributed by atoms with Crippen LogP contribution >= 0.6 is 39.7 Å². The summed E-state index contributed by atoms with van der Waals surface area (Å²) in [4.78, 5) is 15.8. The number of H-pyrrole nitrogens is 1. The predicted octanol–water partition coefficient (Wildman–Crippen LogP) is 4.77. The van der Waals surface area contributed by atoms with Crippen molar-refractivity contribution in [2.45, 2.75) is 6.92 Å². The van der Waals surface area contributed by atoms with Crippen molar-refractivity contribution in [2.75, 3.05) is 0 Å². The van der Waals surface area contributed by atoms with Crippen LogP contribution in [-0.2, 0) is 0 Å². The molecule has 0 aliphatic rings. The van der Waals surface area contributed by atoms with Crippen LogP contribution in [0.1, 0.15) is 5.56 Å². The molecule has 2 aromatic carbocycles. The van der Waals surface area contributed by atoms with E-state index in [2.05, 4.69) is 20.9 Å². The lowest BCUT2D eigenvalue weighted by atomic mass is 10.1. The van der Waals surface area contributed by atoms with Gasteiger partial charge in [0, 0.05) is 4.47 Å². The maximum atomic E-state index is 12.7. The number of hydrogen-bond acceptors (Lipinski definition) is 2. The van der Waals surface area contributed by atoms with Crippen LogP contribution in [0.2, 0.25) is 5.02 Å². The topological polar surface area (TPSA) is 37.8 Å². The molecule has 0 atom stereocenters. The molecule has 106 valence electrons. The highest BCUT2D eigenvalue weighted by molar-refractivity contribution is 9.10. The van der Waals surface area contributed by atoms with Crippen LogP contribution in [0.4, 0.5) is 0 Å². The Morgan fingerprint density at radius 3 is 2.71 bits per heavy atom. The molecule has 0 spiro atoms. The Labute approximate surface area is 139 Å². The van der Waals surface area contributed by atoms with Gasteiger partial charge in [0.05, 0.1) is 21.6 Å². The van der Waals surface area contributed by atoms with E-state index >= 15 is 0 Å². The van der Waals surface area contributed by atoms with Gasteiger partial charge in [0.1, 0.15) is 0 Å². The number of fused-ring (bicyclic) bond motifs is 1. The van der Waals surface area contributed by atoms with Gasteiger partial charge < -0.3 is 4.98 Å². The van der Waals surface area contributed by atoms with Crippen molar-refractivity contribution in [3.63, 3.8) is 0 Å². The quantitative estimate of drug-likeness (QED) is 0.616. The fraction of sp³-hybridized carbons (Fsp3) is 0.0667. The molecule has 0 saturated heterocycles. The van der Waals surface area contributed by atoms with Gasteiger partial charge in [-0.3, -0.25) is 9.36 Å². The Kier molecular flexibility index (Phi) is 3.73. The summed E-state index contributed by atoms with van der Waals surface area (Å²) in [7, 11) is 0. The highest BCUT2D eigenvalue weighted by Crippen LogP contribution is 2.24. The fourth-order valence-electron chi connectivity index (χ4n) is 2.19. The second kappa shape index (κ2) is 5.40. The summed E-state index contributed by atoms with van der Waals surface area (Å²) in [6.07, 6.45) is 0. The normalized spacial score (nSPS) is 11.0. The zero-order chi connectivity index (χ0) is 15.1. The van der Waals surface area contributed by atoms with Gasteiger partial charge in [-0.15, -0.1) is 0 Å². The SMILES string of the molecule is Cc1ccc2[nH]c(=S)n(-c3ccc(Br)c(Cl)c3)c(=O)c2c1. The van der Waals surface area contributed by atoms with Crippen molar-refractivity contribution in [3.8, 4) is 5.69 Å². The van der Waals surface area contributed by atoms with Gasteiger partial charge in [-0.25, -0.2) is 0 Å². The molecule has 1 aromatic heterocycles. The first-order valence-corrected chi connectivity index (χ1v) is 7.76. The minimum atomic E-state index is -0.157. The minimum Gasteiger partial charge on any atom is -0.331 e. The third-order valence-corrected chi connectivity index (χ3v) is 4.73. The van der Waals surface area contributed by atoms with Gasteiger partial charge >= 0.3 is 0 Å². The summed E-state index contributed by atoms with van der Waals surface area (Å²) in [5.74, 6) is 0. The third kappa shape index (κ3) is 2.57. The van der Waals surface area contributed by atoms with Gasteiger partial charge in [-0.2, -0.15) is 0 Å². The summed E-state index contributed by atoms with van der Waals surface area (Å²) in [6, 6.07) is 10.9. The van der Waals surface area contributed by atoms with E-state index in [1.54, 1.807) is 18.2 Å². The molecular formula is C15H10BrClN2OS. The molecule has 0 bridgehead atoms. The maximum absolute atomic E-state index is 12.7. The summed E-state index contributed by atoms with van der Waals surface area (Å²) >= 11 is 14.8. The lowest BCUT2D eigenvalue weighted by molar-refractivity contribution is 0.939. The van der Waals surface area contributed by atoms with Crippen LogP contribution in [0, 0.1) is 11.7 Å². The third-order valence-electron chi connectivity index (χ3n) is 3.21. The largest absolute Gasteiger partial charge is 0.331 e. The van der Waals surface area contributed by atoms with Crippen molar-refractivity contribution in [1.29, 1.82) is 0 Å². The monoisotopic (exact) mass is 380 g/mol. The van der Waals surface area contributed by atoms with Crippen molar-refractivity contribution < 1.29 is 0 Å². The zero-order valence-electron chi connectivity index (χ0n) is 11.0. The molecule has 0 radical (unpaired) electrons. The summed E-state index contributed by atoms with van der Waals surface area (Å²) in [5.41, 5.74) is 2.23. The minimum absolute atomic E-state index is 0.157. The molecule has 0 amide bonds. The number of benzene rings is 2. The van der Waals surface area contributed by atoms with E-state index in [-0.39, 0.29) is 5.56 Å². The first-order chi connectivity index (χ1) is 9.97. The van der Waals surface area contributed by atoms with Crippen LogP contribution < -0.4 is 5.56 Å². The summed E-state index contributed by atoms with van der Waals surface area (Å²) < 4.78 is 2.57. The molecule has 3 aromatic rings. The van der Waals surface area contributed by atoms with Gasteiger partial charge in [0.15, 0.2) is 4.77 Å². The van der Waals surface area contributed by atoms with Gasteiger partial charge in [-0.05, 0) is 65.4 Å². The van der Waals surface area contributed by atoms with E-state index in [9.17, 15) is 4.79 Å². The number of aromatic amines is 1. The average Bonchev–Trinajstić information content (AvgIpc) is 2.44. The number of aryl methyl sites for hydroxylation is 1. The van der Waals surface area contributed by atoms with E-state index < -0.39 is 0 Å². The van der Waals surface area contributed by atoms with Crippen molar-refractivity contribution in [2.24, 2.45) is 0 Å². The molecule has 1 N–H and O–H groups in total. The molecule has 0 aliphatic carbocycles. The number of nitrogens with one attached hydrogen (secondary N) is 1. The van der Waals surface area contributed by atoms with E-state index in [1.165, 1.54) is 4.57 Å². The molecule has 3 nitrogen and oxygen atoms in total. The summed E-state index contributed by atoms with van der Waals surface area (Å²) in [5, 5.41) is 1.13. The van der Waals surface area contributed by atoms with Crippen LogP contribution in [0.25, 0.3) is 16.6 Å².